The summed E-state index contributed by atoms with van der Waals surface area (Å²) < 4.78 is 4.79. The van der Waals surface area contributed by atoms with Gasteiger partial charge in [-0.3, -0.25) is 0 Å². The van der Waals surface area contributed by atoms with Gasteiger partial charge in [0.15, 0.2) is 0 Å². The van der Waals surface area contributed by atoms with Crippen LogP contribution in [-0.2, 0) is 6.42 Å². The lowest BCUT2D eigenvalue weighted by Crippen LogP contribution is -1.86. The van der Waals surface area contributed by atoms with Crippen molar-refractivity contribution < 1.29 is 4.52 Å². The predicted molar refractivity (Wildman–Crippen MR) is 58.0 cm³/mol. The molecular weight excluding hydrogens is 176 g/mol. The number of hydrogen-bond donors (Lipinski definition) is 1. The van der Waals surface area contributed by atoms with Crippen molar-refractivity contribution in [2.45, 2.75) is 51.9 Å². The molecule has 3 heteroatoms. The second-order valence-electron chi connectivity index (χ2n) is 3.74. The van der Waals surface area contributed by atoms with Gasteiger partial charge in [-0.2, -0.15) is 0 Å². The van der Waals surface area contributed by atoms with E-state index in [0.717, 1.165) is 12.1 Å². The molecule has 1 aromatic rings. The Balaban J connectivity index is 1.99. The van der Waals surface area contributed by atoms with E-state index in [9.17, 15) is 0 Å². The third-order valence-electron chi connectivity index (χ3n) is 2.36. The largest absolute Gasteiger partial charge is 0.368 e. The Kier molecular flexibility index (Phi) is 5.12. The van der Waals surface area contributed by atoms with Crippen LogP contribution in [0.3, 0.4) is 0 Å². The number of rotatable bonds is 7. The van der Waals surface area contributed by atoms with E-state index in [0.29, 0.717) is 5.88 Å². The van der Waals surface area contributed by atoms with Gasteiger partial charge in [0.05, 0.1) is 5.69 Å². The van der Waals surface area contributed by atoms with Gasteiger partial charge >= 0.3 is 0 Å². The van der Waals surface area contributed by atoms with Crippen molar-refractivity contribution in [1.82, 2.24) is 5.16 Å². The lowest BCUT2D eigenvalue weighted by molar-refractivity contribution is 0.425. The molecule has 1 rings (SSSR count). The van der Waals surface area contributed by atoms with Gasteiger partial charge in [0.1, 0.15) is 0 Å². The minimum Gasteiger partial charge on any atom is -0.368 e. The van der Waals surface area contributed by atoms with Gasteiger partial charge in [0.25, 0.3) is 0 Å². The highest BCUT2D eigenvalue weighted by atomic mass is 16.5. The molecule has 0 unspecified atom stereocenters. The summed E-state index contributed by atoms with van der Waals surface area (Å²) in [7, 11) is 0. The maximum Gasteiger partial charge on any atom is 0.222 e. The fourth-order valence-corrected chi connectivity index (χ4v) is 1.53. The van der Waals surface area contributed by atoms with E-state index in [-0.39, 0.29) is 0 Å². The summed E-state index contributed by atoms with van der Waals surface area (Å²) in [5.74, 6) is 0.422. The molecule has 0 bridgehead atoms. The van der Waals surface area contributed by atoms with Crippen LogP contribution in [0.25, 0.3) is 0 Å². The van der Waals surface area contributed by atoms with E-state index in [1.165, 1.54) is 38.5 Å². The number of unbranched alkanes of at least 4 members (excludes halogenated alkanes) is 5. The zero-order valence-electron chi connectivity index (χ0n) is 8.96. The average Bonchev–Trinajstić information content (AvgIpc) is 2.58. The van der Waals surface area contributed by atoms with Crippen LogP contribution in [0.5, 0.6) is 0 Å². The lowest BCUT2D eigenvalue weighted by atomic mass is 10.1. The van der Waals surface area contributed by atoms with E-state index < -0.39 is 0 Å². The first-order chi connectivity index (χ1) is 6.83. The van der Waals surface area contributed by atoms with Crippen molar-refractivity contribution in [1.29, 1.82) is 0 Å². The minimum absolute atomic E-state index is 0.422. The second-order valence-corrected chi connectivity index (χ2v) is 3.74. The Labute approximate surface area is 85.7 Å². The Bertz CT molecular complexity index is 245. The van der Waals surface area contributed by atoms with E-state index >= 15 is 0 Å². The molecule has 0 aliphatic carbocycles. The molecule has 0 aromatic carbocycles. The Morgan fingerprint density at radius 1 is 1.21 bits per heavy atom. The third kappa shape index (κ3) is 4.30. The van der Waals surface area contributed by atoms with Gasteiger partial charge < -0.3 is 10.3 Å². The van der Waals surface area contributed by atoms with E-state index in [1.54, 1.807) is 0 Å². The highest BCUT2D eigenvalue weighted by molar-refractivity contribution is 5.24. The van der Waals surface area contributed by atoms with E-state index in [2.05, 4.69) is 12.1 Å². The molecule has 0 saturated heterocycles. The van der Waals surface area contributed by atoms with Crippen LogP contribution in [0.1, 0.15) is 51.1 Å². The Morgan fingerprint density at radius 2 is 1.93 bits per heavy atom. The van der Waals surface area contributed by atoms with Crippen LogP contribution >= 0.6 is 0 Å². The highest BCUT2D eigenvalue weighted by Crippen LogP contribution is 2.10. The number of aromatic nitrogens is 1. The molecule has 14 heavy (non-hydrogen) atoms. The van der Waals surface area contributed by atoms with Crippen molar-refractivity contribution in [3.8, 4) is 0 Å². The normalized spacial score (nSPS) is 10.6. The molecule has 3 nitrogen and oxygen atoms in total. The number of nitrogens with two attached hydrogens (primary N) is 1. The van der Waals surface area contributed by atoms with Gasteiger partial charge in [-0.05, 0) is 12.8 Å². The summed E-state index contributed by atoms with van der Waals surface area (Å²) in [5, 5.41) is 3.85. The van der Waals surface area contributed by atoms with Crippen LogP contribution < -0.4 is 5.73 Å². The van der Waals surface area contributed by atoms with E-state index in [1.807, 2.05) is 6.07 Å². The summed E-state index contributed by atoms with van der Waals surface area (Å²) in [6.45, 7) is 2.23. The summed E-state index contributed by atoms with van der Waals surface area (Å²) in [4.78, 5) is 0. The highest BCUT2D eigenvalue weighted by Gasteiger charge is 1.99. The molecule has 1 heterocycles. The number of nitrogens with zero attached hydrogens (tertiary/aromatic N) is 1. The zero-order valence-corrected chi connectivity index (χ0v) is 8.96. The third-order valence-corrected chi connectivity index (χ3v) is 2.36. The first kappa shape index (κ1) is 11.1. The number of hydrogen-bond acceptors (Lipinski definition) is 3. The minimum atomic E-state index is 0.422. The quantitative estimate of drug-likeness (QED) is 0.681. The first-order valence-electron chi connectivity index (χ1n) is 5.54. The Morgan fingerprint density at radius 3 is 2.57 bits per heavy atom. The second kappa shape index (κ2) is 6.46. The molecule has 0 atom stereocenters. The SMILES string of the molecule is CCCCCCCCc1cc(N)on1. The van der Waals surface area contributed by atoms with Gasteiger partial charge in [0.2, 0.25) is 5.88 Å². The molecule has 0 aliphatic rings. The summed E-state index contributed by atoms with van der Waals surface area (Å²) >= 11 is 0. The van der Waals surface area contributed by atoms with Crippen molar-refractivity contribution in [2.75, 3.05) is 5.73 Å². The van der Waals surface area contributed by atoms with Crippen molar-refractivity contribution in [3.63, 3.8) is 0 Å². The smallest absolute Gasteiger partial charge is 0.222 e. The summed E-state index contributed by atoms with van der Waals surface area (Å²) in [5.41, 5.74) is 6.40. The molecule has 80 valence electrons. The van der Waals surface area contributed by atoms with E-state index in [4.69, 9.17) is 10.3 Å². The molecule has 0 fully saturated rings. The van der Waals surface area contributed by atoms with Gasteiger partial charge in [-0.1, -0.05) is 44.2 Å². The standard InChI is InChI=1S/C11H20N2O/c1-2-3-4-5-6-7-8-10-9-11(12)14-13-10/h9H,2-8,12H2,1H3. The average molecular weight is 196 g/mol. The summed E-state index contributed by atoms with van der Waals surface area (Å²) in [6.07, 6.45) is 8.82. The molecule has 2 N–H and O–H groups in total. The number of aryl methyl sites for hydroxylation is 1. The molecular formula is C11H20N2O. The van der Waals surface area contributed by atoms with Gasteiger partial charge in [-0.15, -0.1) is 0 Å². The van der Waals surface area contributed by atoms with Crippen molar-refractivity contribution in [2.24, 2.45) is 0 Å². The fraction of sp³-hybridized carbons (Fsp3) is 0.727. The summed E-state index contributed by atoms with van der Waals surface area (Å²) in [6, 6.07) is 1.81. The lowest BCUT2D eigenvalue weighted by Gasteiger charge is -1.97. The van der Waals surface area contributed by atoms with Gasteiger partial charge in [0, 0.05) is 6.07 Å². The molecule has 0 saturated carbocycles. The zero-order chi connectivity index (χ0) is 10.2. The van der Waals surface area contributed by atoms with Crippen LogP contribution in [0.15, 0.2) is 10.6 Å². The maximum absolute atomic E-state index is 5.42. The van der Waals surface area contributed by atoms with Crippen LogP contribution in [0.2, 0.25) is 0 Å². The molecule has 0 radical (unpaired) electrons. The van der Waals surface area contributed by atoms with Crippen molar-refractivity contribution >= 4 is 5.88 Å². The van der Waals surface area contributed by atoms with Gasteiger partial charge in [-0.25, -0.2) is 0 Å². The molecule has 0 amide bonds. The number of nitrogen functional groups attached to an aromatic ring is 1. The van der Waals surface area contributed by atoms with Crippen LogP contribution in [0, 0.1) is 0 Å². The Hall–Kier alpha value is -0.990. The van der Waals surface area contributed by atoms with Crippen LogP contribution in [0.4, 0.5) is 5.88 Å². The molecule has 1 aromatic heterocycles. The number of anilines is 1. The molecule has 0 spiro atoms. The molecule has 0 aliphatic heterocycles. The fourth-order valence-electron chi connectivity index (χ4n) is 1.53. The predicted octanol–water partition coefficient (Wildman–Crippen LogP) is 3.16. The topological polar surface area (TPSA) is 52.0 Å². The van der Waals surface area contributed by atoms with Crippen molar-refractivity contribution in [3.05, 3.63) is 11.8 Å². The van der Waals surface area contributed by atoms with Crippen LogP contribution in [-0.4, -0.2) is 5.16 Å². The monoisotopic (exact) mass is 196 g/mol. The maximum atomic E-state index is 5.42. The first-order valence-corrected chi connectivity index (χ1v) is 5.54.